The van der Waals surface area contributed by atoms with E-state index in [0.29, 0.717) is 44.2 Å². The van der Waals surface area contributed by atoms with Crippen LogP contribution in [0.3, 0.4) is 0 Å². The maximum atomic E-state index is 13.0. The van der Waals surface area contributed by atoms with Crippen molar-refractivity contribution in [1.82, 2.24) is 9.21 Å². The van der Waals surface area contributed by atoms with Gasteiger partial charge in [0.1, 0.15) is 9.77 Å². The highest BCUT2D eigenvalue weighted by atomic mass is 32.2. The van der Waals surface area contributed by atoms with Crippen molar-refractivity contribution in [1.29, 1.82) is 0 Å². The predicted octanol–water partition coefficient (Wildman–Crippen LogP) is 2.45. The molecular formula is C22H28N4O5S2. The van der Waals surface area contributed by atoms with Crippen molar-refractivity contribution in [3.05, 3.63) is 40.6 Å². The molecule has 4 rings (SSSR count). The van der Waals surface area contributed by atoms with Crippen molar-refractivity contribution in [3.8, 4) is 0 Å². The van der Waals surface area contributed by atoms with Gasteiger partial charge in [-0.2, -0.15) is 4.31 Å². The van der Waals surface area contributed by atoms with Gasteiger partial charge in [-0.15, -0.1) is 11.3 Å². The Kier molecular flexibility index (Phi) is 7.76. The van der Waals surface area contributed by atoms with E-state index in [0.717, 1.165) is 43.7 Å². The molecule has 2 saturated heterocycles. The molecule has 0 radical (unpaired) electrons. The van der Waals surface area contributed by atoms with Gasteiger partial charge in [0.25, 0.3) is 5.91 Å². The summed E-state index contributed by atoms with van der Waals surface area (Å²) in [6.07, 6.45) is 2.69. The Morgan fingerprint density at radius 3 is 2.21 bits per heavy atom. The highest BCUT2D eigenvalue weighted by Gasteiger charge is 2.31. The smallest absolute Gasteiger partial charge is 0.267 e. The van der Waals surface area contributed by atoms with Gasteiger partial charge < -0.3 is 15.4 Å². The Hall–Kier alpha value is -2.31. The first kappa shape index (κ1) is 23.8. The molecule has 0 spiro atoms. The molecule has 2 aliphatic heterocycles. The molecule has 11 heteroatoms. The number of morpholine rings is 1. The number of piperidine rings is 1. The van der Waals surface area contributed by atoms with Crippen LogP contribution in [0.1, 0.15) is 28.9 Å². The minimum atomic E-state index is -3.70. The lowest BCUT2D eigenvalue weighted by Gasteiger charge is -2.25. The third-order valence-corrected chi connectivity index (χ3v) is 8.65. The van der Waals surface area contributed by atoms with Gasteiger partial charge >= 0.3 is 0 Å². The molecule has 2 aliphatic rings. The van der Waals surface area contributed by atoms with Gasteiger partial charge in [-0.05, 0) is 48.6 Å². The second kappa shape index (κ2) is 10.7. The topological polar surface area (TPSA) is 108 Å². The van der Waals surface area contributed by atoms with E-state index in [2.05, 4.69) is 10.6 Å². The molecule has 1 aromatic carbocycles. The highest BCUT2D eigenvalue weighted by molar-refractivity contribution is 7.89. The van der Waals surface area contributed by atoms with E-state index in [9.17, 15) is 18.0 Å². The average Bonchev–Trinajstić information content (AvgIpc) is 3.33. The molecule has 0 saturated carbocycles. The molecule has 0 atom stereocenters. The van der Waals surface area contributed by atoms with Crippen LogP contribution < -0.4 is 10.6 Å². The molecule has 3 heterocycles. The standard InChI is InChI=1S/C22H28N4O5S2/c27-20(16-25-11-13-31-14-12-25)23-17-4-6-18(7-5-17)24-22(28)21-19(8-15-32-21)33(29,30)26-9-2-1-3-10-26/h4-8,15H,1-3,9-14,16H2,(H,23,27)(H,24,28). The monoisotopic (exact) mass is 492 g/mol. The highest BCUT2D eigenvalue weighted by Crippen LogP contribution is 2.28. The van der Waals surface area contributed by atoms with Crippen LogP contribution in [0.25, 0.3) is 0 Å². The molecule has 0 aliphatic carbocycles. The van der Waals surface area contributed by atoms with Crippen molar-refractivity contribution in [3.63, 3.8) is 0 Å². The zero-order chi connectivity index (χ0) is 23.3. The van der Waals surface area contributed by atoms with Crippen LogP contribution in [0, 0.1) is 0 Å². The fourth-order valence-electron chi connectivity index (χ4n) is 3.90. The lowest BCUT2D eigenvalue weighted by Crippen LogP contribution is -2.41. The number of hydrogen-bond donors (Lipinski definition) is 2. The number of hydrogen-bond acceptors (Lipinski definition) is 7. The fraction of sp³-hybridized carbons (Fsp3) is 0.455. The summed E-state index contributed by atoms with van der Waals surface area (Å²) < 4.78 is 32.8. The molecule has 1 aromatic heterocycles. The number of anilines is 2. The summed E-state index contributed by atoms with van der Waals surface area (Å²) in [6.45, 7) is 4.00. The minimum absolute atomic E-state index is 0.0545. The van der Waals surface area contributed by atoms with E-state index in [1.165, 1.54) is 10.4 Å². The number of carbonyl (C=O) groups is 2. The van der Waals surface area contributed by atoms with E-state index in [-0.39, 0.29) is 15.7 Å². The summed E-state index contributed by atoms with van der Waals surface area (Å²) in [5, 5.41) is 7.23. The first-order valence-electron chi connectivity index (χ1n) is 11.0. The van der Waals surface area contributed by atoms with E-state index in [1.54, 1.807) is 29.6 Å². The Balaban J connectivity index is 1.36. The Morgan fingerprint density at radius 1 is 0.909 bits per heavy atom. The van der Waals surface area contributed by atoms with Crippen LogP contribution in [-0.4, -0.2) is 75.4 Å². The Labute approximate surface area is 197 Å². The van der Waals surface area contributed by atoms with Crippen LogP contribution >= 0.6 is 11.3 Å². The largest absolute Gasteiger partial charge is 0.379 e. The molecule has 33 heavy (non-hydrogen) atoms. The van der Waals surface area contributed by atoms with Crippen LogP contribution in [-0.2, 0) is 19.6 Å². The molecular weight excluding hydrogens is 464 g/mol. The molecule has 0 bridgehead atoms. The van der Waals surface area contributed by atoms with E-state index in [1.807, 2.05) is 4.90 Å². The van der Waals surface area contributed by atoms with Gasteiger partial charge in [-0.25, -0.2) is 8.42 Å². The number of amides is 2. The van der Waals surface area contributed by atoms with Crippen molar-refractivity contribution in [2.75, 3.05) is 56.6 Å². The third kappa shape index (κ3) is 5.98. The first-order valence-corrected chi connectivity index (χ1v) is 13.3. The number of rotatable bonds is 7. The maximum absolute atomic E-state index is 13.0. The van der Waals surface area contributed by atoms with Crippen molar-refractivity contribution < 1.29 is 22.7 Å². The first-order chi connectivity index (χ1) is 15.9. The number of nitrogens with zero attached hydrogens (tertiary/aromatic N) is 2. The van der Waals surface area contributed by atoms with Gasteiger partial charge in [0.15, 0.2) is 0 Å². The van der Waals surface area contributed by atoms with Crippen LogP contribution in [0.2, 0.25) is 0 Å². The SMILES string of the molecule is O=C(CN1CCOCC1)Nc1ccc(NC(=O)c2sccc2S(=O)(=O)N2CCCCC2)cc1. The van der Waals surface area contributed by atoms with Crippen LogP contribution in [0.15, 0.2) is 40.6 Å². The van der Waals surface area contributed by atoms with Gasteiger partial charge in [0.2, 0.25) is 15.9 Å². The summed E-state index contributed by atoms with van der Waals surface area (Å²) in [6, 6.07) is 8.25. The van der Waals surface area contributed by atoms with Gasteiger partial charge in [0, 0.05) is 37.6 Å². The number of sulfonamides is 1. The van der Waals surface area contributed by atoms with Crippen molar-refractivity contribution in [2.24, 2.45) is 0 Å². The molecule has 178 valence electrons. The van der Waals surface area contributed by atoms with Gasteiger partial charge in [0.05, 0.1) is 19.8 Å². The van der Waals surface area contributed by atoms with E-state index < -0.39 is 15.9 Å². The zero-order valence-corrected chi connectivity index (χ0v) is 19.9. The molecule has 0 unspecified atom stereocenters. The van der Waals surface area contributed by atoms with Gasteiger partial charge in [-0.3, -0.25) is 14.5 Å². The summed E-state index contributed by atoms with van der Waals surface area (Å²) in [7, 11) is -3.70. The quantitative estimate of drug-likeness (QED) is 0.615. The lowest BCUT2D eigenvalue weighted by atomic mass is 10.2. The molecule has 2 fully saturated rings. The van der Waals surface area contributed by atoms with Crippen molar-refractivity contribution >= 4 is 44.5 Å². The number of carbonyl (C=O) groups excluding carboxylic acids is 2. The molecule has 2 N–H and O–H groups in total. The summed E-state index contributed by atoms with van der Waals surface area (Å²) >= 11 is 1.11. The lowest BCUT2D eigenvalue weighted by molar-refractivity contribution is -0.118. The molecule has 9 nitrogen and oxygen atoms in total. The van der Waals surface area contributed by atoms with Crippen LogP contribution in [0.5, 0.6) is 0 Å². The third-order valence-electron chi connectivity index (χ3n) is 5.67. The molecule has 2 amide bonds. The minimum Gasteiger partial charge on any atom is -0.379 e. The second-order valence-corrected chi connectivity index (χ2v) is 10.9. The number of benzene rings is 1. The molecule has 2 aromatic rings. The zero-order valence-electron chi connectivity index (χ0n) is 18.3. The number of ether oxygens (including phenoxy) is 1. The van der Waals surface area contributed by atoms with E-state index >= 15 is 0 Å². The number of thiophene rings is 1. The normalized spacial score (nSPS) is 18.1. The van der Waals surface area contributed by atoms with Gasteiger partial charge in [-0.1, -0.05) is 6.42 Å². The summed E-state index contributed by atoms with van der Waals surface area (Å²) in [5.41, 5.74) is 1.14. The predicted molar refractivity (Wildman–Crippen MR) is 127 cm³/mol. The maximum Gasteiger partial charge on any atom is 0.267 e. The van der Waals surface area contributed by atoms with E-state index in [4.69, 9.17) is 4.74 Å². The average molecular weight is 493 g/mol. The summed E-state index contributed by atoms with van der Waals surface area (Å²) in [5.74, 6) is -0.579. The second-order valence-electron chi connectivity index (χ2n) is 8.05. The summed E-state index contributed by atoms with van der Waals surface area (Å²) in [4.78, 5) is 27.3. The van der Waals surface area contributed by atoms with Crippen LogP contribution in [0.4, 0.5) is 11.4 Å². The fourth-order valence-corrected chi connectivity index (χ4v) is 6.71. The van der Waals surface area contributed by atoms with Crippen molar-refractivity contribution in [2.45, 2.75) is 24.2 Å². The Morgan fingerprint density at radius 2 is 1.55 bits per heavy atom. The number of nitrogens with one attached hydrogen (secondary N) is 2. The Bertz CT molecular complexity index is 1070.